The van der Waals surface area contributed by atoms with E-state index in [4.69, 9.17) is 20.9 Å². The molecule has 31 heavy (non-hydrogen) atoms. The molecule has 6 N–H and O–H groups in total. The number of ether oxygens (including phenoxy) is 3. The summed E-state index contributed by atoms with van der Waals surface area (Å²) in [5.41, 5.74) is 11.8. The Morgan fingerprint density at radius 1 is 1.13 bits per heavy atom. The van der Waals surface area contributed by atoms with Crippen LogP contribution < -0.4 is 26.8 Å². The third-order valence-electron chi connectivity index (χ3n) is 3.75. The molecule has 0 radical (unpaired) electrons. The predicted octanol–water partition coefficient (Wildman–Crippen LogP) is 2.19. The Kier molecular flexibility index (Phi) is 10.2. The number of amides is 2. The molecular weight excluding hydrogens is 404 g/mol. The second-order valence-electron chi connectivity index (χ2n) is 7.57. The Hall–Kier alpha value is -3.43. The van der Waals surface area contributed by atoms with E-state index in [9.17, 15) is 14.4 Å². The van der Waals surface area contributed by atoms with E-state index < -0.39 is 17.6 Å². The van der Waals surface area contributed by atoms with E-state index in [-0.39, 0.29) is 24.6 Å². The van der Waals surface area contributed by atoms with Crippen LogP contribution >= 0.6 is 0 Å². The molecule has 0 saturated carbocycles. The van der Waals surface area contributed by atoms with Gasteiger partial charge in [-0.15, -0.1) is 0 Å². The maximum absolute atomic E-state index is 11.6. The monoisotopic (exact) mass is 436 g/mol. The molecule has 10 nitrogen and oxygen atoms in total. The molecule has 0 unspecified atom stereocenters. The van der Waals surface area contributed by atoms with Crippen LogP contribution in [0.25, 0.3) is 0 Å². The van der Waals surface area contributed by atoms with Crippen LogP contribution in [0.4, 0.5) is 16.2 Å². The van der Waals surface area contributed by atoms with Crippen molar-refractivity contribution < 1.29 is 28.6 Å². The van der Waals surface area contributed by atoms with Gasteiger partial charge in [0.25, 0.3) is 0 Å². The van der Waals surface area contributed by atoms with E-state index in [1.165, 1.54) is 19.2 Å². The Labute approximate surface area is 182 Å². The highest BCUT2D eigenvalue weighted by molar-refractivity contribution is 5.96. The topological polar surface area (TPSA) is 155 Å². The van der Waals surface area contributed by atoms with Crippen LogP contribution in [0.1, 0.15) is 44.0 Å². The minimum absolute atomic E-state index is 0.206. The lowest BCUT2D eigenvalue weighted by Gasteiger charge is -2.19. The fourth-order valence-electron chi connectivity index (χ4n) is 2.37. The molecule has 2 amide bonds. The van der Waals surface area contributed by atoms with Gasteiger partial charge in [-0.25, -0.2) is 4.79 Å². The van der Waals surface area contributed by atoms with Crippen molar-refractivity contribution in [2.24, 2.45) is 5.73 Å². The number of hydrogen-bond donors (Lipinski definition) is 4. The molecule has 0 bridgehead atoms. The van der Waals surface area contributed by atoms with E-state index in [2.05, 4.69) is 15.4 Å². The Balaban J connectivity index is 2.67. The van der Waals surface area contributed by atoms with E-state index >= 15 is 0 Å². The number of carbonyl (C=O) groups is 3. The van der Waals surface area contributed by atoms with Gasteiger partial charge in [-0.1, -0.05) is 12.2 Å². The fraction of sp³-hybridized carbons (Fsp3) is 0.476. The van der Waals surface area contributed by atoms with Gasteiger partial charge in [0.05, 0.1) is 19.4 Å². The minimum atomic E-state index is -0.634. The van der Waals surface area contributed by atoms with E-state index in [0.717, 1.165) is 0 Å². The fourth-order valence-corrected chi connectivity index (χ4v) is 2.37. The number of rotatable bonds is 11. The summed E-state index contributed by atoms with van der Waals surface area (Å²) in [6, 6.07) is 2.95. The third kappa shape index (κ3) is 10.2. The summed E-state index contributed by atoms with van der Waals surface area (Å²) < 4.78 is 15.4. The Morgan fingerprint density at radius 2 is 1.81 bits per heavy atom. The first kappa shape index (κ1) is 25.6. The van der Waals surface area contributed by atoms with Gasteiger partial charge in [-0.3, -0.25) is 9.59 Å². The zero-order chi connectivity index (χ0) is 23.4. The van der Waals surface area contributed by atoms with Gasteiger partial charge in [0.15, 0.2) is 0 Å². The number of alkyl carbamates (subject to hydrolysis) is 1. The third-order valence-corrected chi connectivity index (χ3v) is 3.75. The van der Waals surface area contributed by atoms with Crippen LogP contribution in [0.2, 0.25) is 0 Å². The highest BCUT2D eigenvalue weighted by atomic mass is 16.6. The van der Waals surface area contributed by atoms with Crippen molar-refractivity contribution in [2.45, 2.75) is 39.2 Å². The molecule has 1 aromatic rings. The highest BCUT2D eigenvalue weighted by Gasteiger charge is 2.15. The number of nitrogens with one attached hydrogen (secondary N) is 2. The van der Waals surface area contributed by atoms with Crippen LogP contribution in [0, 0.1) is 0 Å². The van der Waals surface area contributed by atoms with Gasteiger partial charge in [0.1, 0.15) is 17.0 Å². The van der Waals surface area contributed by atoms with Crippen LogP contribution in [0.5, 0.6) is 5.75 Å². The largest absolute Gasteiger partial charge is 0.491 e. The van der Waals surface area contributed by atoms with E-state index in [1.54, 1.807) is 32.9 Å². The van der Waals surface area contributed by atoms with Crippen LogP contribution in [0.15, 0.2) is 24.3 Å². The van der Waals surface area contributed by atoms with E-state index in [0.29, 0.717) is 36.6 Å². The number of nitrogens with two attached hydrogens (primary N) is 2. The molecule has 0 aliphatic heterocycles. The summed E-state index contributed by atoms with van der Waals surface area (Å²) in [5.74, 6) is -0.623. The molecule has 10 heteroatoms. The molecule has 0 fully saturated rings. The molecule has 172 valence electrons. The number of hydrogen-bond acceptors (Lipinski definition) is 8. The Morgan fingerprint density at radius 3 is 2.42 bits per heavy atom. The number of esters is 1. The Bertz CT molecular complexity index is 802. The zero-order valence-electron chi connectivity index (χ0n) is 18.4. The molecule has 0 atom stereocenters. The maximum atomic E-state index is 11.6. The highest BCUT2D eigenvalue weighted by Crippen LogP contribution is 2.32. The first-order valence-corrected chi connectivity index (χ1v) is 9.82. The first-order chi connectivity index (χ1) is 14.5. The van der Waals surface area contributed by atoms with Crippen LogP contribution in [0.3, 0.4) is 0 Å². The van der Waals surface area contributed by atoms with E-state index in [1.807, 2.05) is 0 Å². The number of anilines is 2. The van der Waals surface area contributed by atoms with Gasteiger partial charge < -0.3 is 36.3 Å². The normalized spacial score (nSPS) is 11.1. The van der Waals surface area contributed by atoms with Crippen molar-refractivity contribution >= 4 is 29.3 Å². The lowest BCUT2D eigenvalue weighted by Crippen LogP contribution is -2.32. The molecule has 0 aliphatic rings. The van der Waals surface area contributed by atoms with Crippen molar-refractivity contribution in [3.63, 3.8) is 0 Å². The van der Waals surface area contributed by atoms with Gasteiger partial charge in [0, 0.05) is 25.1 Å². The first-order valence-electron chi connectivity index (χ1n) is 9.82. The second-order valence-corrected chi connectivity index (χ2v) is 7.57. The summed E-state index contributed by atoms with van der Waals surface area (Å²) in [5, 5.41) is 5.72. The number of primary amides is 1. The molecule has 0 heterocycles. The number of carbonyl (C=O) groups excluding carboxylic acids is 3. The molecular formula is C21H32N4O6. The SMILES string of the molecule is COC(=O)CCCOc1cc(C(N)=O)cc(N)c1NC/C=C/CNC(=O)OC(C)(C)C. The summed E-state index contributed by atoms with van der Waals surface area (Å²) in [7, 11) is 1.32. The van der Waals surface area contributed by atoms with Gasteiger partial charge in [-0.05, 0) is 39.3 Å². The van der Waals surface area contributed by atoms with Gasteiger partial charge >= 0.3 is 12.1 Å². The molecule has 0 aromatic heterocycles. The lowest BCUT2D eigenvalue weighted by molar-refractivity contribution is -0.140. The van der Waals surface area contributed by atoms with Crippen molar-refractivity contribution in [3.8, 4) is 5.75 Å². The zero-order valence-corrected chi connectivity index (χ0v) is 18.4. The quantitative estimate of drug-likeness (QED) is 0.178. The number of nitrogen functional groups attached to an aromatic ring is 1. The van der Waals surface area contributed by atoms with Crippen LogP contribution in [-0.2, 0) is 14.3 Å². The number of methoxy groups -OCH3 is 1. The molecule has 0 spiro atoms. The summed E-state index contributed by atoms with van der Waals surface area (Å²) in [6.07, 6.45) is 3.68. The summed E-state index contributed by atoms with van der Waals surface area (Å²) in [6.45, 7) is 6.26. The van der Waals surface area contributed by atoms with Crippen molar-refractivity contribution in [1.82, 2.24) is 5.32 Å². The lowest BCUT2D eigenvalue weighted by atomic mass is 10.1. The van der Waals surface area contributed by atoms with Crippen molar-refractivity contribution in [2.75, 3.05) is 37.9 Å². The number of benzene rings is 1. The summed E-state index contributed by atoms with van der Waals surface area (Å²) in [4.78, 5) is 34.3. The molecule has 1 aromatic carbocycles. The van der Waals surface area contributed by atoms with Crippen molar-refractivity contribution in [1.29, 1.82) is 0 Å². The maximum Gasteiger partial charge on any atom is 0.407 e. The van der Waals surface area contributed by atoms with Crippen molar-refractivity contribution in [3.05, 3.63) is 29.8 Å². The minimum Gasteiger partial charge on any atom is -0.491 e. The predicted molar refractivity (Wildman–Crippen MR) is 118 cm³/mol. The smallest absolute Gasteiger partial charge is 0.407 e. The summed E-state index contributed by atoms with van der Waals surface area (Å²) >= 11 is 0. The second kappa shape index (κ2) is 12.3. The molecule has 0 saturated heterocycles. The molecule has 0 aliphatic carbocycles. The van der Waals surface area contributed by atoms with Gasteiger partial charge in [0.2, 0.25) is 5.91 Å². The van der Waals surface area contributed by atoms with Crippen LogP contribution in [-0.4, -0.2) is 50.4 Å². The van der Waals surface area contributed by atoms with Gasteiger partial charge in [-0.2, -0.15) is 0 Å². The molecule has 1 rings (SSSR count). The average Bonchev–Trinajstić information content (AvgIpc) is 2.67. The standard InChI is InChI=1S/C21H32N4O6/c1-21(2,3)31-20(28)25-10-6-5-9-24-18-15(22)12-14(19(23)27)13-16(18)30-11-7-8-17(26)29-4/h5-6,12-13,24H,7-11,22H2,1-4H3,(H2,23,27)(H,25,28)/b6-5+. The average molecular weight is 437 g/mol.